The third-order valence-corrected chi connectivity index (χ3v) is 4.70. The maximum atomic E-state index is 12.4. The van der Waals surface area contributed by atoms with Crippen LogP contribution < -0.4 is 4.74 Å². The summed E-state index contributed by atoms with van der Waals surface area (Å²) in [5, 5.41) is 4.06. The predicted molar refractivity (Wildman–Crippen MR) is 99.3 cm³/mol. The first-order valence-electron chi connectivity index (χ1n) is 9.01. The molecular weight excluding hydrogens is 360 g/mol. The highest BCUT2D eigenvalue weighted by Gasteiger charge is 2.41. The average molecular weight is 380 g/mol. The number of hydrogen-bond donors (Lipinski definition) is 0. The molecule has 0 bridgehead atoms. The second-order valence-corrected chi connectivity index (χ2v) is 6.31. The van der Waals surface area contributed by atoms with Crippen molar-refractivity contribution in [2.45, 2.75) is 19.1 Å². The summed E-state index contributed by atoms with van der Waals surface area (Å²) in [7, 11) is 1.55. The Hall–Kier alpha value is -3.26. The van der Waals surface area contributed by atoms with Crippen molar-refractivity contribution in [3.05, 3.63) is 60.1 Å². The van der Waals surface area contributed by atoms with Crippen LogP contribution in [0.1, 0.15) is 30.5 Å². The molecule has 3 aromatic rings. The predicted octanol–water partition coefficient (Wildman–Crippen LogP) is 2.80. The van der Waals surface area contributed by atoms with Gasteiger partial charge in [-0.3, -0.25) is 4.79 Å². The van der Waals surface area contributed by atoms with Crippen LogP contribution in [-0.4, -0.2) is 46.2 Å². The molecule has 1 aromatic carbocycles. The van der Waals surface area contributed by atoms with E-state index in [0.29, 0.717) is 29.7 Å². The monoisotopic (exact) mass is 380 g/mol. The second kappa shape index (κ2) is 7.77. The van der Waals surface area contributed by atoms with Crippen molar-refractivity contribution in [2.75, 3.05) is 20.3 Å². The lowest BCUT2D eigenvalue weighted by Gasteiger charge is -2.39. The van der Waals surface area contributed by atoms with Crippen molar-refractivity contribution in [1.82, 2.24) is 20.0 Å². The zero-order chi connectivity index (χ0) is 19.5. The number of morpholine rings is 1. The minimum atomic E-state index is -0.549. The molecule has 0 saturated carbocycles. The van der Waals surface area contributed by atoms with E-state index in [4.69, 9.17) is 14.0 Å². The lowest BCUT2D eigenvalue weighted by atomic mass is 9.97. The minimum absolute atomic E-state index is 0.0242. The van der Waals surface area contributed by atoms with E-state index in [9.17, 15) is 4.79 Å². The average Bonchev–Trinajstić information content (AvgIpc) is 3.24. The Balaban J connectivity index is 1.68. The topological polar surface area (TPSA) is 90.6 Å². The van der Waals surface area contributed by atoms with E-state index in [0.717, 1.165) is 5.56 Å². The number of likely N-dealkylation sites (N-methyl/N-ethyl adjacent to an activating group) is 1. The summed E-state index contributed by atoms with van der Waals surface area (Å²) in [5.74, 6) is 1.17. The SMILES string of the molecule is CCN1C(=O)CO[C@H](c2nc(-c3ccc(OC)nc3)no2)[C@H]1c1ccccc1. The molecule has 1 fully saturated rings. The van der Waals surface area contributed by atoms with Gasteiger partial charge in [0.25, 0.3) is 5.89 Å². The summed E-state index contributed by atoms with van der Waals surface area (Å²) in [6.07, 6.45) is 1.07. The van der Waals surface area contributed by atoms with Crippen molar-refractivity contribution >= 4 is 5.91 Å². The van der Waals surface area contributed by atoms with Gasteiger partial charge in [-0.05, 0) is 18.6 Å². The molecule has 8 nitrogen and oxygen atoms in total. The summed E-state index contributed by atoms with van der Waals surface area (Å²) in [6, 6.07) is 12.9. The number of hydrogen-bond acceptors (Lipinski definition) is 7. The molecule has 1 aliphatic rings. The van der Waals surface area contributed by atoms with E-state index >= 15 is 0 Å². The van der Waals surface area contributed by atoms with Gasteiger partial charge in [-0.1, -0.05) is 35.5 Å². The third-order valence-electron chi connectivity index (χ3n) is 4.70. The first kappa shape index (κ1) is 18.1. The van der Waals surface area contributed by atoms with E-state index < -0.39 is 6.10 Å². The second-order valence-electron chi connectivity index (χ2n) is 6.31. The molecule has 4 rings (SSSR count). The van der Waals surface area contributed by atoms with Crippen LogP contribution in [0.5, 0.6) is 5.88 Å². The summed E-state index contributed by atoms with van der Waals surface area (Å²) >= 11 is 0. The van der Waals surface area contributed by atoms with Crippen molar-refractivity contribution in [3.63, 3.8) is 0 Å². The molecule has 1 amide bonds. The molecule has 144 valence electrons. The number of nitrogens with zero attached hydrogens (tertiary/aromatic N) is 4. The quantitative estimate of drug-likeness (QED) is 0.672. The summed E-state index contributed by atoms with van der Waals surface area (Å²) < 4.78 is 16.4. The number of pyridine rings is 1. The van der Waals surface area contributed by atoms with E-state index in [1.807, 2.05) is 37.3 Å². The van der Waals surface area contributed by atoms with Crippen LogP contribution in [0.15, 0.2) is 53.2 Å². The molecular formula is C20H20N4O4. The molecule has 1 saturated heterocycles. The molecule has 2 atom stereocenters. The van der Waals surface area contributed by atoms with Crippen molar-refractivity contribution in [1.29, 1.82) is 0 Å². The molecule has 1 aliphatic heterocycles. The zero-order valence-electron chi connectivity index (χ0n) is 15.6. The maximum Gasteiger partial charge on any atom is 0.258 e. The number of aromatic nitrogens is 3. The van der Waals surface area contributed by atoms with Crippen LogP contribution >= 0.6 is 0 Å². The molecule has 0 N–H and O–H groups in total. The number of benzene rings is 1. The van der Waals surface area contributed by atoms with Crippen LogP contribution in [0.25, 0.3) is 11.4 Å². The Labute approximate surface area is 162 Å². The molecule has 8 heteroatoms. The molecule has 0 spiro atoms. The molecule has 0 unspecified atom stereocenters. The first-order chi connectivity index (χ1) is 13.7. The third kappa shape index (κ3) is 3.34. The minimum Gasteiger partial charge on any atom is -0.481 e. The maximum absolute atomic E-state index is 12.4. The van der Waals surface area contributed by atoms with Gasteiger partial charge in [0.15, 0.2) is 6.10 Å². The van der Waals surface area contributed by atoms with Crippen LogP contribution in [0.2, 0.25) is 0 Å². The highest BCUT2D eigenvalue weighted by molar-refractivity contribution is 5.78. The van der Waals surface area contributed by atoms with Crippen molar-refractivity contribution in [2.24, 2.45) is 0 Å². The molecule has 0 aliphatic carbocycles. The first-order valence-corrected chi connectivity index (χ1v) is 9.01. The number of amides is 1. The normalized spacial score (nSPS) is 19.6. The van der Waals surface area contributed by atoms with Crippen molar-refractivity contribution < 1.29 is 18.8 Å². The van der Waals surface area contributed by atoms with Gasteiger partial charge in [-0.15, -0.1) is 0 Å². The van der Waals surface area contributed by atoms with Crippen LogP contribution in [0, 0.1) is 0 Å². The van der Waals surface area contributed by atoms with E-state index in [1.54, 1.807) is 30.3 Å². The number of methoxy groups -OCH3 is 1. The van der Waals surface area contributed by atoms with E-state index in [-0.39, 0.29) is 18.6 Å². The lowest BCUT2D eigenvalue weighted by Crippen LogP contribution is -2.45. The lowest BCUT2D eigenvalue weighted by molar-refractivity contribution is -0.160. The zero-order valence-corrected chi connectivity index (χ0v) is 15.6. The Morgan fingerprint density at radius 2 is 2.04 bits per heavy atom. The Bertz CT molecular complexity index is 942. The largest absolute Gasteiger partial charge is 0.481 e. The Kier molecular flexibility index (Phi) is 5.03. The van der Waals surface area contributed by atoms with E-state index in [1.165, 1.54) is 0 Å². The number of rotatable bonds is 5. The Morgan fingerprint density at radius 1 is 1.21 bits per heavy atom. The fourth-order valence-corrected chi connectivity index (χ4v) is 3.34. The van der Waals surface area contributed by atoms with Gasteiger partial charge in [0.2, 0.25) is 17.6 Å². The van der Waals surface area contributed by atoms with Gasteiger partial charge in [0, 0.05) is 24.4 Å². The van der Waals surface area contributed by atoms with Crippen LogP contribution in [-0.2, 0) is 9.53 Å². The molecule has 28 heavy (non-hydrogen) atoms. The standard InChI is InChI=1S/C20H20N4O4/c1-3-24-16(25)12-27-18(17(24)13-7-5-4-6-8-13)20-22-19(23-28-20)14-9-10-15(26-2)21-11-14/h4-11,17-18H,3,12H2,1-2H3/t17-,18+/m1/s1. The van der Waals surface area contributed by atoms with Gasteiger partial charge in [-0.25, -0.2) is 4.98 Å². The van der Waals surface area contributed by atoms with Crippen LogP contribution in [0.4, 0.5) is 0 Å². The number of ether oxygens (including phenoxy) is 2. The number of carbonyl (C=O) groups is 1. The summed E-state index contributed by atoms with van der Waals surface area (Å²) in [5.41, 5.74) is 1.65. The number of carbonyl (C=O) groups excluding carboxylic acids is 1. The molecule has 2 aromatic heterocycles. The van der Waals surface area contributed by atoms with Gasteiger partial charge in [0.1, 0.15) is 6.61 Å². The summed E-state index contributed by atoms with van der Waals surface area (Å²) in [6.45, 7) is 2.48. The smallest absolute Gasteiger partial charge is 0.258 e. The van der Waals surface area contributed by atoms with E-state index in [2.05, 4.69) is 15.1 Å². The van der Waals surface area contributed by atoms with Crippen LogP contribution in [0.3, 0.4) is 0 Å². The fraction of sp³-hybridized carbons (Fsp3) is 0.300. The van der Waals surface area contributed by atoms with Gasteiger partial charge < -0.3 is 18.9 Å². The molecule has 0 radical (unpaired) electrons. The van der Waals surface area contributed by atoms with Gasteiger partial charge >= 0.3 is 0 Å². The van der Waals surface area contributed by atoms with Crippen molar-refractivity contribution in [3.8, 4) is 17.3 Å². The molecule has 3 heterocycles. The fourth-order valence-electron chi connectivity index (χ4n) is 3.34. The highest BCUT2D eigenvalue weighted by Crippen LogP contribution is 2.39. The summed E-state index contributed by atoms with van der Waals surface area (Å²) in [4.78, 5) is 22.8. The highest BCUT2D eigenvalue weighted by atomic mass is 16.5. The van der Waals surface area contributed by atoms with Gasteiger partial charge in [-0.2, -0.15) is 4.98 Å². The Morgan fingerprint density at radius 3 is 2.71 bits per heavy atom. The van der Waals surface area contributed by atoms with Gasteiger partial charge in [0.05, 0.1) is 13.2 Å².